The summed E-state index contributed by atoms with van der Waals surface area (Å²) in [4.78, 5) is 0.299. The minimum atomic E-state index is -3.54. The molecular formula is C16H21ClN2O2S. The molecule has 4 nitrogen and oxygen atoms in total. The standard InChI is InChI=1S/C16H20N2O2S.ClH/c1-12-8-9-16(13(2)10-12)21(19,20)18-11-15(17)14-6-4-3-5-7-14;/h3-10,15,18H,11,17H2,1-2H3;1H. The van der Waals surface area contributed by atoms with Crippen molar-refractivity contribution in [2.45, 2.75) is 24.8 Å². The van der Waals surface area contributed by atoms with Crippen LogP contribution >= 0.6 is 12.4 Å². The molecule has 2 rings (SSSR count). The molecule has 2 aromatic rings. The Hall–Kier alpha value is -1.40. The smallest absolute Gasteiger partial charge is 0.240 e. The molecule has 0 aliphatic carbocycles. The zero-order valence-electron chi connectivity index (χ0n) is 12.6. The van der Waals surface area contributed by atoms with Crippen molar-refractivity contribution >= 4 is 22.4 Å². The molecule has 0 spiro atoms. The van der Waals surface area contributed by atoms with Crippen molar-refractivity contribution in [1.29, 1.82) is 0 Å². The van der Waals surface area contributed by atoms with E-state index >= 15 is 0 Å². The first-order valence-corrected chi connectivity index (χ1v) is 8.26. The molecule has 0 aromatic heterocycles. The van der Waals surface area contributed by atoms with Crippen molar-refractivity contribution in [3.8, 4) is 0 Å². The van der Waals surface area contributed by atoms with Crippen LogP contribution in [-0.4, -0.2) is 15.0 Å². The average molecular weight is 341 g/mol. The molecule has 0 heterocycles. The zero-order chi connectivity index (χ0) is 15.5. The third-order valence-corrected chi connectivity index (χ3v) is 4.92. The number of sulfonamides is 1. The van der Waals surface area contributed by atoms with Crippen LogP contribution < -0.4 is 10.5 Å². The van der Waals surface area contributed by atoms with Crippen LogP contribution in [-0.2, 0) is 10.0 Å². The second-order valence-corrected chi connectivity index (χ2v) is 6.87. The molecule has 0 saturated heterocycles. The van der Waals surface area contributed by atoms with Crippen LogP contribution in [0.15, 0.2) is 53.4 Å². The second kappa shape index (κ2) is 7.74. The maximum atomic E-state index is 12.3. The molecule has 0 bridgehead atoms. The van der Waals surface area contributed by atoms with Gasteiger partial charge in [-0.2, -0.15) is 0 Å². The Bertz CT molecular complexity index is 718. The number of halogens is 1. The van der Waals surface area contributed by atoms with Crippen LogP contribution in [0.5, 0.6) is 0 Å². The molecule has 22 heavy (non-hydrogen) atoms. The fourth-order valence-corrected chi connectivity index (χ4v) is 3.48. The molecule has 0 fully saturated rings. The molecule has 0 aliphatic rings. The number of aryl methyl sites for hydroxylation is 2. The largest absolute Gasteiger partial charge is 0.323 e. The van der Waals surface area contributed by atoms with Gasteiger partial charge in [-0.05, 0) is 31.0 Å². The van der Waals surface area contributed by atoms with Gasteiger partial charge in [0.2, 0.25) is 10.0 Å². The number of nitrogens with one attached hydrogen (secondary N) is 1. The first kappa shape index (κ1) is 18.6. The summed E-state index contributed by atoms with van der Waals surface area (Å²) < 4.78 is 27.2. The van der Waals surface area contributed by atoms with Crippen molar-refractivity contribution in [2.24, 2.45) is 5.73 Å². The van der Waals surface area contributed by atoms with E-state index in [9.17, 15) is 8.42 Å². The van der Waals surface area contributed by atoms with Gasteiger partial charge in [0.1, 0.15) is 0 Å². The Balaban J connectivity index is 0.00000242. The van der Waals surface area contributed by atoms with E-state index in [0.717, 1.165) is 16.7 Å². The topological polar surface area (TPSA) is 72.2 Å². The fraction of sp³-hybridized carbons (Fsp3) is 0.250. The van der Waals surface area contributed by atoms with Crippen LogP contribution in [0.1, 0.15) is 22.7 Å². The molecule has 0 aliphatic heterocycles. The molecule has 6 heteroatoms. The summed E-state index contributed by atoms with van der Waals surface area (Å²) in [5, 5.41) is 0. The summed E-state index contributed by atoms with van der Waals surface area (Å²) in [6.45, 7) is 3.89. The van der Waals surface area contributed by atoms with Crippen LogP contribution in [0.25, 0.3) is 0 Å². The normalized spacial score (nSPS) is 12.5. The quantitative estimate of drug-likeness (QED) is 0.879. The summed E-state index contributed by atoms with van der Waals surface area (Å²) in [5.74, 6) is 0. The summed E-state index contributed by atoms with van der Waals surface area (Å²) in [7, 11) is -3.54. The van der Waals surface area contributed by atoms with Gasteiger partial charge in [0, 0.05) is 12.6 Å². The van der Waals surface area contributed by atoms with Gasteiger partial charge in [0.05, 0.1) is 4.90 Å². The highest BCUT2D eigenvalue weighted by molar-refractivity contribution is 7.89. The number of benzene rings is 2. The lowest BCUT2D eigenvalue weighted by Crippen LogP contribution is -2.32. The second-order valence-electron chi connectivity index (χ2n) is 5.14. The lowest BCUT2D eigenvalue weighted by atomic mass is 10.1. The Labute approximate surface area is 138 Å². The minimum absolute atomic E-state index is 0. The first-order chi connectivity index (χ1) is 9.90. The van der Waals surface area contributed by atoms with Crippen molar-refractivity contribution in [1.82, 2.24) is 4.72 Å². The van der Waals surface area contributed by atoms with E-state index in [1.807, 2.05) is 43.3 Å². The zero-order valence-corrected chi connectivity index (χ0v) is 14.2. The van der Waals surface area contributed by atoms with Gasteiger partial charge < -0.3 is 5.73 Å². The average Bonchev–Trinajstić information content (AvgIpc) is 2.45. The summed E-state index contributed by atoms with van der Waals surface area (Å²) in [5.41, 5.74) is 8.69. The van der Waals surface area contributed by atoms with Crippen molar-refractivity contribution in [3.05, 3.63) is 65.2 Å². The van der Waals surface area contributed by atoms with E-state index in [0.29, 0.717) is 4.90 Å². The summed E-state index contributed by atoms with van der Waals surface area (Å²) in [6, 6.07) is 14.3. The van der Waals surface area contributed by atoms with Gasteiger partial charge >= 0.3 is 0 Å². The Morgan fingerprint density at radius 1 is 1.09 bits per heavy atom. The monoisotopic (exact) mass is 340 g/mol. The van der Waals surface area contributed by atoms with Crippen molar-refractivity contribution < 1.29 is 8.42 Å². The van der Waals surface area contributed by atoms with Crippen molar-refractivity contribution in [3.63, 3.8) is 0 Å². The van der Waals surface area contributed by atoms with E-state index in [1.165, 1.54) is 0 Å². The lowest BCUT2D eigenvalue weighted by molar-refractivity contribution is 0.571. The SMILES string of the molecule is Cc1ccc(S(=O)(=O)NCC(N)c2ccccc2)c(C)c1.Cl. The molecule has 0 radical (unpaired) electrons. The molecule has 3 N–H and O–H groups in total. The lowest BCUT2D eigenvalue weighted by Gasteiger charge is -2.14. The highest BCUT2D eigenvalue weighted by Gasteiger charge is 2.18. The highest BCUT2D eigenvalue weighted by Crippen LogP contribution is 2.17. The molecule has 1 unspecified atom stereocenters. The van der Waals surface area contributed by atoms with Gasteiger partial charge in [0.25, 0.3) is 0 Å². The highest BCUT2D eigenvalue weighted by atomic mass is 35.5. The predicted octanol–water partition coefficient (Wildman–Crippen LogP) is 2.70. The Morgan fingerprint density at radius 3 is 2.32 bits per heavy atom. The van der Waals surface area contributed by atoms with E-state index in [1.54, 1.807) is 19.1 Å². The number of hydrogen-bond acceptors (Lipinski definition) is 3. The van der Waals surface area contributed by atoms with Crippen molar-refractivity contribution in [2.75, 3.05) is 6.54 Å². The van der Waals surface area contributed by atoms with E-state index < -0.39 is 10.0 Å². The molecule has 120 valence electrons. The molecule has 0 saturated carbocycles. The molecule has 0 amide bonds. The minimum Gasteiger partial charge on any atom is -0.323 e. The Kier molecular flexibility index (Phi) is 6.56. The molecular weight excluding hydrogens is 320 g/mol. The van der Waals surface area contributed by atoms with Gasteiger partial charge in [-0.1, -0.05) is 48.0 Å². The third-order valence-electron chi connectivity index (χ3n) is 3.34. The maximum absolute atomic E-state index is 12.3. The van der Waals surface area contributed by atoms with Gasteiger partial charge in [0.15, 0.2) is 0 Å². The van der Waals surface area contributed by atoms with Crippen LogP contribution in [0.4, 0.5) is 0 Å². The molecule has 2 aromatic carbocycles. The Morgan fingerprint density at radius 2 is 1.73 bits per heavy atom. The number of hydrogen-bond donors (Lipinski definition) is 2. The van der Waals surface area contributed by atoms with Crippen LogP contribution in [0, 0.1) is 13.8 Å². The summed E-state index contributed by atoms with van der Waals surface area (Å²) in [6.07, 6.45) is 0. The predicted molar refractivity (Wildman–Crippen MR) is 91.7 cm³/mol. The van der Waals surface area contributed by atoms with Gasteiger partial charge in [-0.15, -0.1) is 12.4 Å². The van der Waals surface area contributed by atoms with Crippen LogP contribution in [0.2, 0.25) is 0 Å². The van der Waals surface area contributed by atoms with Gasteiger partial charge in [-0.25, -0.2) is 13.1 Å². The van der Waals surface area contributed by atoms with Gasteiger partial charge in [-0.3, -0.25) is 0 Å². The molecule has 1 atom stereocenters. The van der Waals surface area contributed by atoms with E-state index in [2.05, 4.69) is 4.72 Å². The summed E-state index contributed by atoms with van der Waals surface area (Å²) >= 11 is 0. The number of nitrogens with two attached hydrogens (primary N) is 1. The van der Waals surface area contributed by atoms with E-state index in [4.69, 9.17) is 5.73 Å². The first-order valence-electron chi connectivity index (χ1n) is 6.77. The number of rotatable bonds is 5. The fourth-order valence-electron chi connectivity index (χ4n) is 2.20. The van der Waals surface area contributed by atoms with E-state index in [-0.39, 0.29) is 25.0 Å². The third kappa shape index (κ3) is 4.55. The maximum Gasteiger partial charge on any atom is 0.240 e. The van der Waals surface area contributed by atoms with Crippen LogP contribution in [0.3, 0.4) is 0 Å².